The molecule has 170 valence electrons. The predicted octanol–water partition coefficient (Wildman–Crippen LogP) is 3.20. The van der Waals surface area contributed by atoms with Crippen molar-refractivity contribution in [2.24, 2.45) is 0 Å². The van der Waals surface area contributed by atoms with E-state index in [1.807, 2.05) is 23.1 Å². The molecule has 33 heavy (non-hydrogen) atoms. The number of aryl methyl sites for hydroxylation is 1. The fourth-order valence-electron chi connectivity index (χ4n) is 3.97. The van der Waals surface area contributed by atoms with Gasteiger partial charge in [-0.05, 0) is 49.6 Å². The highest BCUT2D eigenvalue weighted by atomic mass is 19.1. The minimum atomic E-state index is -0.315. The molecule has 8 heteroatoms. The molecule has 1 aromatic carbocycles. The number of nitrogens with zero attached hydrogens (tertiary/aromatic N) is 4. The average molecular weight is 448 g/mol. The SMILES string of the molecule is Cc1nc([C@H]2CCCN(C(=O)Cc3ccccn3)C2)ncc1C(=O)NCc1ccc(F)cc1. The third kappa shape index (κ3) is 5.77. The van der Waals surface area contributed by atoms with Crippen LogP contribution in [0.1, 0.15) is 51.9 Å². The zero-order valence-corrected chi connectivity index (χ0v) is 18.5. The second kappa shape index (κ2) is 10.3. The van der Waals surface area contributed by atoms with Gasteiger partial charge in [-0.25, -0.2) is 14.4 Å². The summed E-state index contributed by atoms with van der Waals surface area (Å²) in [7, 11) is 0. The molecule has 1 aliphatic heterocycles. The minimum absolute atomic E-state index is 0.0291. The van der Waals surface area contributed by atoms with Crippen LogP contribution in [-0.4, -0.2) is 44.8 Å². The minimum Gasteiger partial charge on any atom is -0.348 e. The number of halogens is 1. The molecule has 1 atom stereocenters. The van der Waals surface area contributed by atoms with Crippen LogP contribution in [0.5, 0.6) is 0 Å². The van der Waals surface area contributed by atoms with Crippen molar-refractivity contribution >= 4 is 11.8 Å². The number of aromatic nitrogens is 3. The van der Waals surface area contributed by atoms with Crippen LogP contribution in [0.2, 0.25) is 0 Å². The first-order valence-corrected chi connectivity index (χ1v) is 11.0. The number of hydrogen-bond acceptors (Lipinski definition) is 5. The molecular formula is C25H26FN5O2. The first kappa shape index (κ1) is 22.5. The summed E-state index contributed by atoms with van der Waals surface area (Å²) in [5.41, 5.74) is 2.55. The van der Waals surface area contributed by atoms with Gasteiger partial charge in [-0.3, -0.25) is 14.6 Å². The molecule has 0 bridgehead atoms. The molecule has 2 aromatic heterocycles. The van der Waals surface area contributed by atoms with Crippen LogP contribution in [0.15, 0.2) is 54.9 Å². The maximum Gasteiger partial charge on any atom is 0.254 e. The highest BCUT2D eigenvalue weighted by Crippen LogP contribution is 2.25. The van der Waals surface area contributed by atoms with E-state index in [1.165, 1.54) is 12.1 Å². The Labute approximate surface area is 192 Å². The van der Waals surface area contributed by atoms with E-state index in [4.69, 9.17) is 0 Å². The van der Waals surface area contributed by atoms with Crippen LogP contribution < -0.4 is 5.32 Å². The van der Waals surface area contributed by atoms with Crippen molar-refractivity contribution in [1.82, 2.24) is 25.2 Å². The Hall–Kier alpha value is -3.68. The summed E-state index contributed by atoms with van der Waals surface area (Å²) in [6, 6.07) is 11.5. The van der Waals surface area contributed by atoms with Crippen molar-refractivity contribution in [2.75, 3.05) is 13.1 Å². The molecule has 4 rings (SSSR count). The number of amides is 2. The van der Waals surface area contributed by atoms with Crippen LogP contribution in [-0.2, 0) is 17.8 Å². The second-order valence-electron chi connectivity index (χ2n) is 8.21. The normalized spacial score (nSPS) is 15.8. The van der Waals surface area contributed by atoms with Gasteiger partial charge in [0.05, 0.1) is 17.7 Å². The van der Waals surface area contributed by atoms with Crippen molar-refractivity contribution in [2.45, 2.75) is 38.6 Å². The van der Waals surface area contributed by atoms with E-state index < -0.39 is 0 Å². The topological polar surface area (TPSA) is 88.1 Å². The Balaban J connectivity index is 1.37. The van der Waals surface area contributed by atoms with Crippen LogP contribution in [0, 0.1) is 12.7 Å². The highest BCUT2D eigenvalue weighted by molar-refractivity contribution is 5.94. The largest absolute Gasteiger partial charge is 0.348 e. The van der Waals surface area contributed by atoms with Gasteiger partial charge in [-0.2, -0.15) is 0 Å². The Kier molecular flexibility index (Phi) is 7.02. The Morgan fingerprint density at radius 2 is 1.97 bits per heavy atom. The molecule has 0 saturated carbocycles. The molecule has 0 radical (unpaired) electrons. The summed E-state index contributed by atoms with van der Waals surface area (Å²) in [5, 5.41) is 2.82. The Morgan fingerprint density at radius 1 is 1.15 bits per heavy atom. The second-order valence-corrected chi connectivity index (χ2v) is 8.21. The quantitative estimate of drug-likeness (QED) is 0.627. The van der Waals surface area contributed by atoms with Gasteiger partial charge in [0.1, 0.15) is 11.6 Å². The van der Waals surface area contributed by atoms with Gasteiger partial charge in [0.25, 0.3) is 5.91 Å². The molecular weight excluding hydrogens is 421 g/mol. The number of nitrogens with one attached hydrogen (secondary N) is 1. The number of hydrogen-bond donors (Lipinski definition) is 1. The number of rotatable bonds is 6. The molecule has 1 N–H and O–H groups in total. The van der Waals surface area contributed by atoms with E-state index in [9.17, 15) is 14.0 Å². The molecule has 0 unspecified atom stereocenters. The van der Waals surface area contributed by atoms with Crippen LogP contribution in [0.25, 0.3) is 0 Å². The molecule has 1 saturated heterocycles. The number of carbonyl (C=O) groups is 2. The first-order valence-electron chi connectivity index (χ1n) is 11.0. The van der Waals surface area contributed by atoms with Crippen molar-refractivity contribution < 1.29 is 14.0 Å². The molecule has 1 fully saturated rings. The van der Waals surface area contributed by atoms with Gasteiger partial charge in [0.15, 0.2) is 0 Å². The molecule has 3 heterocycles. The number of likely N-dealkylation sites (tertiary alicyclic amines) is 1. The van der Waals surface area contributed by atoms with Crippen molar-refractivity contribution in [3.05, 3.63) is 89.0 Å². The lowest BCUT2D eigenvalue weighted by molar-refractivity contribution is -0.131. The van der Waals surface area contributed by atoms with Crippen molar-refractivity contribution in [3.8, 4) is 0 Å². The summed E-state index contributed by atoms with van der Waals surface area (Å²) in [6.45, 7) is 3.34. The standard InChI is InChI=1S/C25H26FN5O2/c1-17-22(25(33)29-14-18-7-9-20(26)10-8-18)15-28-24(30-17)19-5-4-12-31(16-19)23(32)13-21-6-2-3-11-27-21/h2-3,6-11,15,19H,4-5,12-14,16H2,1H3,(H,29,33)/t19-/m0/s1. The van der Waals surface area contributed by atoms with Gasteiger partial charge in [0.2, 0.25) is 5.91 Å². The molecule has 1 aliphatic rings. The number of carbonyl (C=O) groups excluding carboxylic acids is 2. The Bertz CT molecular complexity index is 1120. The number of benzene rings is 1. The van der Waals surface area contributed by atoms with E-state index in [2.05, 4.69) is 20.3 Å². The lowest BCUT2D eigenvalue weighted by atomic mass is 9.96. The Morgan fingerprint density at radius 3 is 2.70 bits per heavy atom. The van der Waals surface area contributed by atoms with Gasteiger partial charge >= 0.3 is 0 Å². The fourth-order valence-corrected chi connectivity index (χ4v) is 3.97. The fraction of sp³-hybridized carbons (Fsp3) is 0.320. The molecule has 0 aliphatic carbocycles. The summed E-state index contributed by atoms with van der Waals surface area (Å²) in [6.07, 6.45) is 5.28. The predicted molar refractivity (Wildman–Crippen MR) is 121 cm³/mol. The molecule has 7 nitrogen and oxygen atoms in total. The number of piperidine rings is 1. The summed E-state index contributed by atoms with van der Waals surface area (Å²) < 4.78 is 13.0. The van der Waals surface area contributed by atoms with E-state index >= 15 is 0 Å². The average Bonchev–Trinajstić information content (AvgIpc) is 2.84. The zero-order chi connectivity index (χ0) is 23.2. The van der Waals surface area contributed by atoms with E-state index in [0.29, 0.717) is 30.2 Å². The van der Waals surface area contributed by atoms with Crippen molar-refractivity contribution in [1.29, 1.82) is 0 Å². The maximum atomic E-state index is 13.0. The lowest BCUT2D eigenvalue weighted by Gasteiger charge is -2.32. The van der Waals surface area contributed by atoms with Gasteiger partial charge in [-0.1, -0.05) is 18.2 Å². The van der Waals surface area contributed by atoms with Crippen LogP contribution in [0.4, 0.5) is 4.39 Å². The maximum absolute atomic E-state index is 13.0. The molecule has 3 aromatic rings. The van der Waals surface area contributed by atoms with E-state index in [0.717, 1.165) is 24.1 Å². The third-order valence-corrected chi connectivity index (χ3v) is 5.81. The highest BCUT2D eigenvalue weighted by Gasteiger charge is 2.27. The summed E-state index contributed by atoms with van der Waals surface area (Å²) in [5.74, 6) is 0.134. The van der Waals surface area contributed by atoms with Gasteiger partial charge in [-0.15, -0.1) is 0 Å². The lowest BCUT2D eigenvalue weighted by Crippen LogP contribution is -2.40. The van der Waals surface area contributed by atoms with E-state index in [-0.39, 0.29) is 36.5 Å². The molecule has 0 spiro atoms. The van der Waals surface area contributed by atoms with Gasteiger partial charge < -0.3 is 10.2 Å². The van der Waals surface area contributed by atoms with Crippen LogP contribution in [0.3, 0.4) is 0 Å². The number of pyridine rings is 1. The van der Waals surface area contributed by atoms with Gasteiger partial charge in [0, 0.05) is 43.6 Å². The summed E-state index contributed by atoms with van der Waals surface area (Å²) in [4.78, 5) is 40.5. The zero-order valence-electron chi connectivity index (χ0n) is 18.5. The third-order valence-electron chi connectivity index (χ3n) is 5.81. The van der Waals surface area contributed by atoms with E-state index in [1.54, 1.807) is 31.5 Å². The molecule has 2 amide bonds. The summed E-state index contributed by atoms with van der Waals surface area (Å²) >= 11 is 0. The first-order chi connectivity index (χ1) is 16.0. The monoisotopic (exact) mass is 447 g/mol. The van der Waals surface area contributed by atoms with Crippen molar-refractivity contribution in [3.63, 3.8) is 0 Å². The smallest absolute Gasteiger partial charge is 0.254 e. The van der Waals surface area contributed by atoms with Crippen LogP contribution >= 0.6 is 0 Å².